The number of hydrogen-bond donors (Lipinski definition) is 0. The fraction of sp³-hybridized carbons (Fsp3) is 0.500. The highest BCUT2D eigenvalue weighted by Gasteiger charge is 2.51. The zero-order valence-electron chi connectivity index (χ0n) is 11.5. The lowest BCUT2D eigenvalue weighted by Gasteiger charge is -2.41. The van der Waals surface area contributed by atoms with Gasteiger partial charge in [-0.2, -0.15) is 0 Å². The van der Waals surface area contributed by atoms with Gasteiger partial charge in [0, 0.05) is 17.4 Å². The predicted molar refractivity (Wildman–Crippen MR) is 76.5 cm³/mol. The molecule has 0 amide bonds. The Morgan fingerprint density at radius 1 is 1.37 bits per heavy atom. The topological polar surface area (TPSA) is 17.1 Å². The summed E-state index contributed by atoms with van der Waals surface area (Å²) in [4.78, 5) is 12.4. The van der Waals surface area contributed by atoms with Gasteiger partial charge in [0.25, 0.3) is 0 Å². The van der Waals surface area contributed by atoms with Crippen LogP contribution in [0.2, 0.25) is 0 Å². The van der Waals surface area contributed by atoms with Gasteiger partial charge in [-0.1, -0.05) is 36.8 Å². The van der Waals surface area contributed by atoms with E-state index in [1.807, 2.05) is 0 Å². The predicted octanol–water partition coefficient (Wildman–Crippen LogP) is 4.20. The number of benzene rings is 1. The van der Waals surface area contributed by atoms with Crippen molar-refractivity contribution in [1.29, 1.82) is 0 Å². The molecule has 2 bridgehead atoms. The number of allylic oxidation sites excluding steroid dienone is 2. The highest BCUT2D eigenvalue weighted by Crippen LogP contribution is 2.58. The van der Waals surface area contributed by atoms with E-state index in [1.54, 1.807) is 5.57 Å². The Kier molecular flexibility index (Phi) is 2.30. The summed E-state index contributed by atoms with van der Waals surface area (Å²) in [6.45, 7) is 2.16. The quantitative estimate of drug-likeness (QED) is 0.684. The van der Waals surface area contributed by atoms with Gasteiger partial charge >= 0.3 is 0 Å². The zero-order valence-corrected chi connectivity index (χ0v) is 11.5. The first kappa shape index (κ1) is 11.5. The molecule has 1 heteroatoms. The Balaban J connectivity index is 1.94. The van der Waals surface area contributed by atoms with Gasteiger partial charge in [0.15, 0.2) is 5.78 Å². The van der Waals surface area contributed by atoms with E-state index < -0.39 is 0 Å². The molecule has 0 N–H and O–H groups in total. The minimum Gasteiger partial charge on any atom is -0.294 e. The standard InChI is InChI=1S/C18H20O/c1-2-13-4-3-5-15-17(13)16(19)8-9-18(15)11-12-6-7-14(18)10-12/h3-6,14H,2,7-11H2,1H3. The Labute approximate surface area is 114 Å². The number of hydrogen-bond acceptors (Lipinski definition) is 1. The van der Waals surface area contributed by atoms with Gasteiger partial charge in [0.1, 0.15) is 0 Å². The van der Waals surface area contributed by atoms with Gasteiger partial charge in [-0.3, -0.25) is 4.79 Å². The van der Waals surface area contributed by atoms with E-state index in [-0.39, 0.29) is 0 Å². The van der Waals surface area contributed by atoms with Crippen LogP contribution in [0.3, 0.4) is 0 Å². The number of fused-ring (bicyclic) bond motifs is 5. The number of ketones is 1. The van der Waals surface area contributed by atoms with Crippen LogP contribution in [0, 0.1) is 5.92 Å². The molecule has 0 heterocycles. The lowest BCUT2D eigenvalue weighted by molar-refractivity contribution is 0.0938. The van der Waals surface area contributed by atoms with Gasteiger partial charge in [-0.25, -0.2) is 0 Å². The molecule has 3 aliphatic carbocycles. The van der Waals surface area contributed by atoms with Crippen LogP contribution in [0.15, 0.2) is 29.8 Å². The number of carbonyl (C=O) groups excluding carboxylic acids is 1. The molecule has 0 aromatic heterocycles. The van der Waals surface area contributed by atoms with Gasteiger partial charge in [0.05, 0.1) is 0 Å². The summed E-state index contributed by atoms with van der Waals surface area (Å²) in [5.41, 5.74) is 5.68. The number of Topliss-reactive ketones (excluding diaryl/α,β-unsaturated/α-hetero) is 1. The molecular weight excluding hydrogens is 232 g/mol. The van der Waals surface area contributed by atoms with Crippen LogP contribution in [0.1, 0.15) is 60.5 Å². The molecule has 1 spiro atoms. The molecule has 1 nitrogen and oxygen atoms in total. The summed E-state index contributed by atoms with van der Waals surface area (Å²) in [7, 11) is 0. The highest BCUT2D eigenvalue weighted by atomic mass is 16.1. The second-order valence-corrected chi connectivity index (χ2v) is 6.45. The first-order chi connectivity index (χ1) is 9.24. The molecule has 1 aromatic carbocycles. The third-order valence-electron chi connectivity index (χ3n) is 5.67. The van der Waals surface area contributed by atoms with Crippen molar-refractivity contribution in [3.63, 3.8) is 0 Å². The van der Waals surface area contributed by atoms with Crippen LogP contribution in [-0.2, 0) is 11.8 Å². The molecule has 0 radical (unpaired) electrons. The molecule has 2 atom stereocenters. The van der Waals surface area contributed by atoms with Crippen LogP contribution in [-0.4, -0.2) is 5.78 Å². The molecule has 1 fully saturated rings. The summed E-state index contributed by atoms with van der Waals surface area (Å²) in [5, 5.41) is 0. The fourth-order valence-corrected chi connectivity index (χ4v) is 4.75. The minimum absolute atomic E-state index is 0.304. The molecule has 98 valence electrons. The van der Waals surface area contributed by atoms with Gasteiger partial charge in [0.2, 0.25) is 0 Å². The minimum atomic E-state index is 0.304. The Bertz CT molecular complexity index is 596. The van der Waals surface area contributed by atoms with Crippen molar-refractivity contribution < 1.29 is 4.79 Å². The number of carbonyl (C=O) groups is 1. The first-order valence-electron chi connectivity index (χ1n) is 7.58. The second-order valence-electron chi connectivity index (χ2n) is 6.45. The molecule has 3 aliphatic rings. The Morgan fingerprint density at radius 3 is 2.95 bits per heavy atom. The molecule has 2 unspecified atom stereocenters. The van der Waals surface area contributed by atoms with Crippen molar-refractivity contribution >= 4 is 5.78 Å². The van der Waals surface area contributed by atoms with Gasteiger partial charge < -0.3 is 0 Å². The molecule has 1 saturated carbocycles. The van der Waals surface area contributed by atoms with Crippen molar-refractivity contribution in [3.8, 4) is 0 Å². The van der Waals surface area contributed by atoms with Crippen LogP contribution < -0.4 is 0 Å². The van der Waals surface area contributed by atoms with Crippen molar-refractivity contribution in [1.82, 2.24) is 0 Å². The largest absolute Gasteiger partial charge is 0.294 e. The van der Waals surface area contributed by atoms with E-state index in [4.69, 9.17) is 0 Å². The second kappa shape index (κ2) is 3.82. The van der Waals surface area contributed by atoms with Crippen LogP contribution in [0.4, 0.5) is 0 Å². The molecule has 0 aliphatic heterocycles. The molecule has 19 heavy (non-hydrogen) atoms. The monoisotopic (exact) mass is 252 g/mol. The van der Waals surface area contributed by atoms with E-state index >= 15 is 0 Å². The van der Waals surface area contributed by atoms with E-state index in [1.165, 1.54) is 30.4 Å². The zero-order chi connectivity index (χ0) is 13.0. The lowest BCUT2D eigenvalue weighted by atomic mass is 9.61. The van der Waals surface area contributed by atoms with Crippen molar-refractivity contribution in [3.05, 3.63) is 46.5 Å². The highest BCUT2D eigenvalue weighted by molar-refractivity contribution is 6.00. The normalized spacial score (nSPS) is 31.7. The third-order valence-corrected chi connectivity index (χ3v) is 5.67. The maximum absolute atomic E-state index is 12.4. The summed E-state index contributed by atoms with van der Waals surface area (Å²) >= 11 is 0. The molecule has 1 aromatic rings. The third kappa shape index (κ3) is 1.39. The van der Waals surface area contributed by atoms with E-state index in [2.05, 4.69) is 31.2 Å². The van der Waals surface area contributed by atoms with Gasteiger partial charge in [-0.05, 0) is 49.1 Å². The summed E-state index contributed by atoms with van der Waals surface area (Å²) in [5.74, 6) is 1.15. The summed E-state index contributed by atoms with van der Waals surface area (Å²) < 4.78 is 0. The van der Waals surface area contributed by atoms with Crippen molar-refractivity contribution in [2.75, 3.05) is 0 Å². The number of aryl methyl sites for hydroxylation is 1. The van der Waals surface area contributed by atoms with Crippen LogP contribution >= 0.6 is 0 Å². The maximum Gasteiger partial charge on any atom is 0.163 e. The average Bonchev–Trinajstić information content (AvgIpc) is 3.04. The van der Waals surface area contributed by atoms with Crippen molar-refractivity contribution in [2.24, 2.45) is 5.92 Å². The van der Waals surface area contributed by atoms with E-state index in [0.717, 1.165) is 30.7 Å². The Hall–Kier alpha value is -1.37. The summed E-state index contributed by atoms with van der Waals surface area (Å²) in [6, 6.07) is 6.55. The van der Waals surface area contributed by atoms with E-state index in [9.17, 15) is 4.79 Å². The number of rotatable bonds is 1. The summed E-state index contributed by atoms with van der Waals surface area (Å²) in [6.07, 6.45) is 8.98. The SMILES string of the molecule is CCc1cccc2c1C(=O)CCC21CC2=CCC1C2. The molecular formula is C18H20O. The van der Waals surface area contributed by atoms with E-state index in [0.29, 0.717) is 11.2 Å². The first-order valence-corrected chi connectivity index (χ1v) is 7.58. The van der Waals surface area contributed by atoms with Crippen LogP contribution in [0.25, 0.3) is 0 Å². The molecule has 4 rings (SSSR count). The Morgan fingerprint density at radius 2 is 2.26 bits per heavy atom. The van der Waals surface area contributed by atoms with Crippen LogP contribution in [0.5, 0.6) is 0 Å². The fourth-order valence-electron chi connectivity index (χ4n) is 4.75. The lowest BCUT2D eigenvalue weighted by Crippen LogP contribution is -2.37. The van der Waals surface area contributed by atoms with Crippen molar-refractivity contribution in [2.45, 2.75) is 50.9 Å². The van der Waals surface area contributed by atoms with Gasteiger partial charge in [-0.15, -0.1) is 0 Å². The smallest absolute Gasteiger partial charge is 0.163 e. The molecule has 0 saturated heterocycles. The maximum atomic E-state index is 12.4. The average molecular weight is 252 g/mol.